The number of anilines is 4. The molecule has 0 radical (unpaired) electrons. The Labute approximate surface area is 184 Å². The van der Waals surface area contributed by atoms with E-state index in [2.05, 4.69) is 21.3 Å². The molecule has 0 spiro atoms. The fourth-order valence-corrected chi connectivity index (χ4v) is 3.08. The van der Waals surface area contributed by atoms with Crippen molar-refractivity contribution in [2.75, 3.05) is 21.3 Å². The summed E-state index contributed by atoms with van der Waals surface area (Å²) in [7, 11) is 0. The first kappa shape index (κ1) is 21.3. The second-order valence-electron chi connectivity index (χ2n) is 6.35. The van der Waals surface area contributed by atoms with Gasteiger partial charge in [-0.15, -0.1) is 0 Å². The van der Waals surface area contributed by atoms with E-state index >= 15 is 0 Å². The normalized spacial score (nSPS) is 10.1. The van der Waals surface area contributed by atoms with E-state index in [1.807, 2.05) is 6.07 Å². The van der Waals surface area contributed by atoms with Gasteiger partial charge in [-0.1, -0.05) is 29.8 Å². The first-order chi connectivity index (χ1) is 14.4. The number of carbonyl (C=O) groups is 2. The SMILES string of the molecule is CC(=O)Nc1ccc(NC(=S)Nc2ccc(NC(=O)c3ccccc3)c(Cl)c2)cc1. The van der Waals surface area contributed by atoms with E-state index < -0.39 is 0 Å². The van der Waals surface area contributed by atoms with Gasteiger partial charge in [0.1, 0.15) is 0 Å². The number of amides is 2. The Morgan fingerprint density at radius 3 is 1.93 bits per heavy atom. The molecule has 0 bridgehead atoms. The molecule has 152 valence electrons. The Kier molecular flexibility index (Phi) is 7.00. The maximum atomic E-state index is 12.3. The summed E-state index contributed by atoms with van der Waals surface area (Å²) in [5.41, 5.74) is 3.19. The zero-order chi connectivity index (χ0) is 21.5. The van der Waals surface area contributed by atoms with Crippen molar-refractivity contribution >= 4 is 63.5 Å². The molecule has 30 heavy (non-hydrogen) atoms. The molecule has 0 saturated carbocycles. The van der Waals surface area contributed by atoms with Gasteiger partial charge in [-0.25, -0.2) is 0 Å². The van der Waals surface area contributed by atoms with Gasteiger partial charge in [-0.05, 0) is 66.8 Å². The molecule has 0 atom stereocenters. The number of benzene rings is 3. The van der Waals surface area contributed by atoms with Crippen LogP contribution >= 0.6 is 23.8 Å². The predicted molar refractivity (Wildman–Crippen MR) is 126 cm³/mol. The molecule has 8 heteroatoms. The summed E-state index contributed by atoms with van der Waals surface area (Å²) < 4.78 is 0. The third-order valence-corrected chi connectivity index (χ3v) is 4.49. The average Bonchev–Trinajstić information content (AvgIpc) is 2.71. The Morgan fingerprint density at radius 1 is 0.767 bits per heavy atom. The van der Waals surface area contributed by atoms with Crippen molar-refractivity contribution in [3.63, 3.8) is 0 Å². The maximum absolute atomic E-state index is 12.3. The molecule has 4 N–H and O–H groups in total. The number of thiocarbonyl (C=S) groups is 1. The number of hydrogen-bond acceptors (Lipinski definition) is 3. The minimum absolute atomic E-state index is 0.131. The van der Waals surface area contributed by atoms with E-state index in [0.29, 0.717) is 32.8 Å². The van der Waals surface area contributed by atoms with Crippen molar-refractivity contribution < 1.29 is 9.59 Å². The summed E-state index contributed by atoms with van der Waals surface area (Å²) in [6, 6.07) is 21.2. The van der Waals surface area contributed by atoms with Gasteiger partial charge in [-0.2, -0.15) is 0 Å². The molecule has 3 rings (SSSR count). The van der Waals surface area contributed by atoms with Crippen LogP contribution < -0.4 is 21.3 Å². The Bertz CT molecular complexity index is 1070. The molecule has 0 aromatic heterocycles. The van der Waals surface area contributed by atoms with Gasteiger partial charge in [0, 0.05) is 29.5 Å². The van der Waals surface area contributed by atoms with Crippen LogP contribution in [0.2, 0.25) is 5.02 Å². The lowest BCUT2D eigenvalue weighted by Crippen LogP contribution is -2.19. The molecule has 0 unspecified atom stereocenters. The molecule has 0 saturated heterocycles. The number of carbonyl (C=O) groups excluding carboxylic acids is 2. The first-order valence-electron chi connectivity index (χ1n) is 9.02. The molecule has 0 aliphatic carbocycles. The topological polar surface area (TPSA) is 82.3 Å². The molecule has 0 aliphatic heterocycles. The van der Waals surface area contributed by atoms with Crippen LogP contribution in [0.15, 0.2) is 72.8 Å². The molecule has 2 amide bonds. The minimum atomic E-state index is -0.238. The van der Waals surface area contributed by atoms with Crippen LogP contribution in [0.5, 0.6) is 0 Å². The quantitative estimate of drug-likeness (QED) is 0.403. The van der Waals surface area contributed by atoms with Crippen molar-refractivity contribution in [1.82, 2.24) is 0 Å². The summed E-state index contributed by atoms with van der Waals surface area (Å²) in [6.07, 6.45) is 0. The summed E-state index contributed by atoms with van der Waals surface area (Å²) in [6.45, 7) is 1.45. The van der Waals surface area contributed by atoms with Gasteiger partial charge >= 0.3 is 0 Å². The van der Waals surface area contributed by atoms with E-state index in [1.54, 1.807) is 66.7 Å². The van der Waals surface area contributed by atoms with Crippen molar-refractivity contribution in [3.8, 4) is 0 Å². The van der Waals surface area contributed by atoms with Crippen molar-refractivity contribution in [2.24, 2.45) is 0 Å². The van der Waals surface area contributed by atoms with Crippen molar-refractivity contribution in [1.29, 1.82) is 0 Å². The summed E-state index contributed by atoms with van der Waals surface area (Å²) in [4.78, 5) is 23.3. The van der Waals surface area contributed by atoms with E-state index in [0.717, 1.165) is 5.69 Å². The molecule has 3 aromatic carbocycles. The second kappa shape index (κ2) is 9.87. The highest BCUT2D eigenvalue weighted by atomic mass is 35.5. The van der Waals surface area contributed by atoms with E-state index in [1.165, 1.54) is 6.92 Å². The van der Waals surface area contributed by atoms with Crippen LogP contribution in [-0.2, 0) is 4.79 Å². The van der Waals surface area contributed by atoms with Crippen molar-refractivity contribution in [2.45, 2.75) is 6.92 Å². The van der Waals surface area contributed by atoms with Crippen LogP contribution in [0, 0.1) is 0 Å². The monoisotopic (exact) mass is 438 g/mol. The minimum Gasteiger partial charge on any atom is -0.332 e. The van der Waals surface area contributed by atoms with Gasteiger partial charge in [0.05, 0.1) is 10.7 Å². The molecule has 3 aromatic rings. The zero-order valence-electron chi connectivity index (χ0n) is 16.0. The van der Waals surface area contributed by atoms with Gasteiger partial charge in [0.25, 0.3) is 5.91 Å². The lowest BCUT2D eigenvalue weighted by atomic mass is 10.2. The Morgan fingerprint density at radius 2 is 1.33 bits per heavy atom. The van der Waals surface area contributed by atoms with Crippen LogP contribution in [0.1, 0.15) is 17.3 Å². The zero-order valence-corrected chi connectivity index (χ0v) is 17.6. The van der Waals surface area contributed by atoms with Crippen LogP contribution in [0.3, 0.4) is 0 Å². The molecular formula is C22H19ClN4O2S. The first-order valence-corrected chi connectivity index (χ1v) is 9.81. The lowest BCUT2D eigenvalue weighted by Gasteiger charge is -2.13. The van der Waals surface area contributed by atoms with Gasteiger partial charge in [0.2, 0.25) is 5.91 Å². The second-order valence-corrected chi connectivity index (χ2v) is 7.17. The smallest absolute Gasteiger partial charge is 0.255 e. The Hall–Kier alpha value is -3.42. The number of nitrogens with one attached hydrogen (secondary N) is 4. The van der Waals surface area contributed by atoms with Crippen molar-refractivity contribution in [3.05, 3.63) is 83.4 Å². The molecule has 6 nitrogen and oxygen atoms in total. The van der Waals surface area contributed by atoms with E-state index in [4.69, 9.17) is 23.8 Å². The molecular weight excluding hydrogens is 420 g/mol. The van der Waals surface area contributed by atoms with Crippen LogP contribution in [0.4, 0.5) is 22.7 Å². The summed E-state index contributed by atoms with van der Waals surface area (Å²) in [5, 5.41) is 12.3. The van der Waals surface area contributed by atoms with Gasteiger partial charge < -0.3 is 21.3 Å². The van der Waals surface area contributed by atoms with Gasteiger partial charge in [-0.3, -0.25) is 9.59 Å². The third-order valence-electron chi connectivity index (χ3n) is 3.97. The summed E-state index contributed by atoms with van der Waals surface area (Å²) in [5.74, 6) is -0.369. The highest BCUT2D eigenvalue weighted by Gasteiger charge is 2.09. The lowest BCUT2D eigenvalue weighted by molar-refractivity contribution is -0.114. The standard InChI is InChI=1S/C22H19ClN4O2S/c1-14(28)24-16-7-9-17(10-8-16)25-22(30)26-18-11-12-20(19(23)13-18)27-21(29)15-5-3-2-4-6-15/h2-13H,1H3,(H,24,28)(H,27,29)(H2,25,26,30). The van der Waals surface area contributed by atoms with E-state index in [-0.39, 0.29) is 11.8 Å². The number of hydrogen-bond donors (Lipinski definition) is 4. The third kappa shape index (κ3) is 6.04. The highest BCUT2D eigenvalue weighted by Crippen LogP contribution is 2.26. The molecule has 0 aliphatic rings. The number of halogens is 1. The van der Waals surface area contributed by atoms with Gasteiger partial charge in [0.15, 0.2) is 5.11 Å². The molecule has 0 heterocycles. The fraction of sp³-hybridized carbons (Fsp3) is 0.0455. The maximum Gasteiger partial charge on any atom is 0.255 e. The largest absolute Gasteiger partial charge is 0.332 e. The number of rotatable bonds is 5. The van der Waals surface area contributed by atoms with E-state index in [9.17, 15) is 9.59 Å². The van der Waals surface area contributed by atoms with Crippen LogP contribution in [0.25, 0.3) is 0 Å². The summed E-state index contributed by atoms with van der Waals surface area (Å²) >= 11 is 11.6. The average molecular weight is 439 g/mol. The fourth-order valence-electron chi connectivity index (χ4n) is 2.61. The molecule has 0 fully saturated rings. The van der Waals surface area contributed by atoms with Crippen LogP contribution in [-0.4, -0.2) is 16.9 Å². The Balaban J connectivity index is 1.59. The predicted octanol–water partition coefficient (Wildman–Crippen LogP) is 5.36. The highest BCUT2D eigenvalue weighted by molar-refractivity contribution is 7.80.